The zero-order chi connectivity index (χ0) is 16.4. The molecule has 2 aliphatic rings. The predicted molar refractivity (Wildman–Crippen MR) is 108 cm³/mol. The van der Waals surface area contributed by atoms with Crippen LogP contribution in [0.15, 0.2) is 36.5 Å². The number of amides is 1. The molecule has 2 unspecified atom stereocenters. The van der Waals surface area contributed by atoms with Gasteiger partial charge in [0.1, 0.15) is 5.82 Å². The van der Waals surface area contributed by atoms with Crippen molar-refractivity contribution in [2.24, 2.45) is 5.92 Å². The highest BCUT2D eigenvalue weighted by atomic mass is 35.5. The van der Waals surface area contributed by atoms with Gasteiger partial charge in [-0.05, 0) is 49.8 Å². The van der Waals surface area contributed by atoms with Crippen molar-refractivity contribution in [2.75, 3.05) is 18.4 Å². The van der Waals surface area contributed by atoms with Crippen molar-refractivity contribution in [2.45, 2.75) is 38.1 Å². The van der Waals surface area contributed by atoms with E-state index in [1.165, 1.54) is 11.1 Å². The fourth-order valence-electron chi connectivity index (χ4n) is 3.95. The number of fused-ring (bicyclic) bond motifs is 1. The lowest BCUT2D eigenvalue weighted by Crippen LogP contribution is -2.37. The zero-order valence-electron chi connectivity index (χ0n) is 14.7. The molecule has 2 heterocycles. The van der Waals surface area contributed by atoms with Crippen LogP contribution in [0.1, 0.15) is 42.9 Å². The highest BCUT2D eigenvalue weighted by Crippen LogP contribution is 2.34. The lowest BCUT2D eigenvalue weighted by molar-refractivity contribution is -0.120. The maximum Gasteiger partial charge on any atom is 0.229 e. The van der Waals surface area contributed by atoms with Gasteiger partial charge in [0.25, 0.3) is 0 Å². The second-order valence-electron chi connectivity index (χ2n) is 6.80. The van der Waals surface area contributed by atoms with Gasteiger partial charge >= 0.3 is 0 Å². The Morgan fingerprint density at radius 2 is 2.00 bits per heavy atom. The first-order valence-corrected chi connectivity index (χ1v) is 8.96. The van der Waals surface area contributed by atoms with Gasteiger partial charge in [0.05, 0.1) is 18.2 Å². The Morgan fingerprint density at radius 3 is 2.81 bits per heavy atom. The number of aryl methyl sites for hydroxylation is 1. The number of halogens is 2. The number of hydrogen-bond acceptors (Lipinski definition) is 3. The van der Waals surface area contributed by atoms with Crippen LogP contribution in [0.5, 0.6) is 0 Å². The first-order chi connectivity index (χ1) is 11.8. The molecular formula is C19H26Cl2N4O. The largest absolute Gasteiger partial charge is 0.316 e. The topological polar surface area (TPSA) is 59.0 Å². The molecule has 2 atom stereocenters. The normalized spacial score (nSPS) is 21.7. The van der Waals surface area contributed by atoms with Crippen LogP contribution in [-0.2, 0) is 11.2 Å². The van der Waals surface area contributed by atoms with Crippen molar-refractivity contribution < 1.29 is 4.79 Å². The first-order valence-electron chi connectivity index (χ1n) is 8.96. The lowest BCUT2D eigenvalue weighted by atomic mass is 9.88. The smallest absolute Gasteiger partial charge is 0.229 e. The van der Waals surface area contributed by atoms with Crippen molar-refractivity contribution in [3.63, 3.8) is 0 Å². The molecule has 1 fully saturated rings. The quantitative estimate of drug-likeness (QED) is 0.832. The van der Waals surface area contributed by atoms with E-state index in [0.29, 0.717) is 0 Å². The van der Waals surface area contributed by atoms with Crippen molar-refractivity contribution in [3.05, 3.63) is 47.7 Å². The number of nitrogens with one attached hydrogen (secondary N) is 2. The van der Waals surface area contributed by atoms with Crippen molar-refractivity contribution in [3.8, 4) is 0 Å². The third-order valence-corrected chi connectivity index (χ3v) is 5.22. The molecular weight excluding hydrogens is 371 g/mol. The number of carbonyl (C=O) groups excluding carboxylic acids is 1. The van der Waals surface area contributed by atoms with Crippen molar-refractivity contribution >= 4 is 36.5 Å². The van der Waals surface area contributed by atoms with Crippen LogP contribution in [0.4, 0.5) is 5.82 Å². The monoisotopic (exact) mass is 396 g/mol. The molecule has 2 N–H and O–H groups in total. The Balaban J connectivity index is 0.00000121. The summed E-state index contributed by atoms with van der Waals surface area (Å²) >= 11 is 0. The molecule has 1 aromatic heterocycles. The van der Waals surface area contributed by atoms with E-state index in [9.17, 15) is 4.79 Å². The van der Waals surface area contributed by atoms with E-state index in [0.717, 1.165) is 51.0 Å². The summed E-state index contributed by atoms with van der Waals surface area (Å²) in [5, 5.41) is 10.9. The van der Waals surface area contributed by atoms with Gasteiger partial charge in [-0.3, -0.25) is 4.79 Å². The Hall–Kier alpha value is -1.56. The third kappa shape index (κ3) is 4.22. The average molecular weight is 397 g/mol. The van der Waals surface area contributed by atoms with Crippen LogP contribution in [0.25, 0.3) is 0 Å². The van der Waals surface area contributed by atoms with E-state index in [1.54, 1.807) is 6.20 Å². The van der Waals surface area contributed by atoms with Gasteiger partial charge in [-0.1, -0.05) is 24.3 Å². The Kier molecular flexibility index (Phi) is 7.50. The van der Waals surface area contributed by atoms with E-state index in [4.69, 9.17) is 0 Å². The number of benzene rings is 1. The van der Waals surface area contributed by atoms with E-state index in [-0.39, 0.29) is 42.7 Å². The summed E-state index contributed by atoms with van der Waals surface area (Å²) in [5.74, 6) is 0.973. The van der Waals surface area contributed by atoms with Gasteiger partial charge in [0, 0.05) is 12.6 Å². The Labute approximate surface area is 166 Å². The number of aromatic nitrogens is 2. The SMILES string of the molecule is Cl.Cl.O=C(Nc1ccnn1C1CCCc2ccccc21)C1CCCNC1. The number of carbonyl (C=O) groups is 1. The molecule has 0 saturated carbocycles. The maximum absolute atomic E-state index is 12.6. The summed E-state index contributed by atoms with van der Waals surface area (Å²) < 4.78 is 1.99. The van der Waals surface area contributed by atoms with Crippen LogP contribution in [-0.4, -0.2) is 28.8 Å². The van der Waals surface area contributed by atoms with Crippen LogP contribution < -0.4 is 10.6 Å². The Bertz CT molecular complexity index is 728. The number of rotatable bonds is 3. The standard InChI is InChI=1S/C19H24N4O.2ClH/c24-19(15-7-4-11-20-13-15)22-18-10-12-21-23(18)17-9-3-6-14-5-1-2-8-16(14)17;;/h1-2,5,8,10,12,15,17,20H,3-4,6-7,9,11,13H2,(H,22,24);2*1H. The molecule has 1 amide bonds. The fraction of sp³-hybridized carbons (Fsp3) is 0.474. The van der Waals surface area contributed by atoms with Gasteiger partial charge in [-0.25, -0.2) is 4.68 Å². The van der Waals surface area contributed by atoms with Gasteiger partial charge in [0.15, 0.2) is 0 Å². The lowest BCUT2D eigenvalue weighted by Gasteiger charge is -2.28. The van der Waals surface area contributed by atoms with Crippen molar-refractivity contribution in [1.82, 2.24) is 15.1 Å². The maximum atomic E-state index is 12.6. The molecule has 1 aliphatic carbocycles. The average Bonchev–Trinajstić information content (AvgIpc) is 3.10. The molecule has 0 radical (unpaired) electrons. The zero-order valence-corrected chi connectivity index (χ0v) is 16.3. The second-order valence-corrected chi connectivity index (χ2v) is 6.80. The molecule has 1 aromatic carbocycles. The Morgan fingerprint density at radius 1 is 1.15 bits per heavy atom. The summed E-state index contributed by atoms with van der Waals surface area (Å²) in [7, 11) is 0. The molecule has 5 nitrogen and oxygen atoms in total. The third-order valence-electron chi connectivity index (χ3n) is 5.22. The fourth-order valence-corrected chi connectivity index (χ4v) is 3.95. The molecule has 1 aliphatic heterocycles. The van der Waals surface area contributed by atoms with E-state index < -0.39 is 0 Å². The summed E-state index contributed by atoms with van der Waals surface area (Å²) in [6.45, 7) is 1.78. The molecule has 0 spiro atoms. The van der Waals surface area contributed by atoms with Crippen LogP contribution in [0.3, 0.4) is 0 Å². The number of hydrogen-bond donors (Lipinski definition) is 2. The van der Waals surface area contributed by atoms with Gasteiger partial charge in [-0.15, -0.1) is 24.8 Å². The molecule has 7 heteroatoms. The summed E-state index contributed by atoms with van der Waals surface area (Å²) in [4.78, 5) is 12.6. The summed E-state index contributed by atoms with van der Waals surface area (Å²) in [6.07, 6.45) is 7.15. The number of anilines is 1. The molecule has 0 bridgehead atoms. The summed E-state index contributed by atoms with van der Waals surface area (Å²) in [5.41, 5.74) is 2.74. The minimum absolute atomic E-state index is 0. The highest BCUT2D eigenvalue weighted by Gasteiger charge is 2.26. The minimum atomic E-state index is 0. The predicted octanol–water partition coefficient (Wildman–Crippen LogP) is 3.59. The van der Waals surface area contributed by atoms with E-state index in [2.05, 4.69) is 40.0 Å². The van der Waals surface area contributed by atoms with Gasteiger partial charge in [-0.2, -0.15) is 5.10 Å². The first kappa shape index (κ1) is 20.7. The van der Waals surface area contributed by atoms with Gasteiger partial charge in [0.2, 0.25) is 5.91 Å². The van der Waals surface area contributed by atoms with Crippen LogP contribution >= 0.6 is 24.8 Å². The van der Waals surface area contributed by atoms with Crippen LogP contribution in [0.2, 0.25) is 0 Å². The molecule has 1 saturated heterocycles. The molecule has 26 heavy (non-hydrogen) atoms. The number of nitrogens with zero attached hydrogens (tertiary/aromatic N) is 2. The van der Waals surface area contributed by atoms with E-state index in [1.807, 2.05) is 10.7 Å². The summed E-state index contributed by atoms with van der Waals surface area (Å²) in [6, 6.07) is 10.7. The van der Waals surface area contributed by atoms with Gasteiger partial charge < -0.3 is 10.6 Å². The van der Waals surface area contributed by atoms with Crippen LogP contribution in [0, 0.1) is 5.92 Å². The highest BCUT2D eigenvalue weighted by molar-refractivity contribution is 5.92. The van der Waals surface area contributed by atoms with Crippen molar-refractivity contribution in [1.29, 1.82) is 0 Å². The molecule has 142 valence electrons. The molecule has 2 aromatic rings. The minimum Gasteiger partial charge on any atom is -0.316 e. The number of piperidine rings is 1. The molecule has 4 rings (SSSR count). The second kappa shape index (κ2) is 9.40. The van der Waals surface area contributed by atoms with E-state index >= 15 is 0 Å².